The summed E-state index contributed by atoms with van der Waals surface area (Å²) in [5.41, 5.74) is 5.32. The normalized spacial score (nSPS) is 11.2. The number of allylic oxidation sites excluding steroid dienone is 1. The van der Waals surface area contributed by atoms with Crippen molar-refractivity contribution in [2.75, 3.05) is 5.32 Å². The number of carbonyl (C=O) groups excluding carboxylic acids is 1. The molecule has 20 heavy (non-hydrogen) atoms. The minimum absolute atomic E-state index is 0.0515. The number of aryl methyl sites for hydroxylation is 1. The van der Waals surface area contributed by atoms with Gasteiger partial charge in [-0.2, -0.15) is 0 Å². The molecule has 0 aliphatic heterocycles. The van der Waals surface area contributed by atoms with Crippen molar-refractivity contribution in [3.05, 3.63) is 65.2 Å². The largest absolute Gasteiger partial charge is 0.326 e. The Balaban J connectivity index is 2.41. The summed E-state index contributed by atoms with van der Waals surface area (Å²) in [4.78, 5) is 11.3. The van der Waals surface area contributed by atoms with E-state index in [-0.39, 0.29) is 5.91 Å². The molecule has 0 saturated heterocycles. The molecule has 2 aromatic rings. The molecule has 0 atom stereocenters. The molecule has 0 aliphatic carbocycles. The fourth-order valence-corrected chi connectivity index (χ4v) is 2.17. The molecular formula is C18H19NO. The van der Waals surface area contributed by atoms with Crippen LogP contribution in [0, 0.1) is 6.92 Å². The van der Waals surface area contributed by atoms with Gasteiger partial charge in [-0.3, -0.25) is 4.79 Å². The van der Waals surface area contributed by atoms with Gasteiger partial charge >= 0.3 is 0 Å². The highest BCUT2D eigenvalue weighted by Gasteiger charge is 2.06. The van der Waals surface area contributed by atoms with Crippen molar-refractivity contribution in [2.24, 2.45) is 0 Å². The molecule has 0 aromatic heterocycles. The highest BCUT2D eigenvalue weighted by atomic mass is 16.1. The standard InChI is InChI=1S/C18H19NO/c1-13-9-10-17(18(11-13)19-15(3)20)14(2)12-16-7-5-4-6-8-16/h4-12H,1-3H3,(H,19,20). The van der Waals surface area contributed by atoms with Crippen LogP contribution in [0.4, 0.5) is 5.69 Å². The molecule has 102 valence electrons. The number of nitrogens with one attached hydrogen (secondary N) is 1. The van der Waals surface area contributed by atoms with Crippen molar-refractivity contribution in [3.63, 3.8) is 0 Å². The van der Waals surface area contributed by atoms with E-state index >= 15 is 0 Å². The number of anilines is 1. The summed E-state index contributed by atoms with van der Waals surface area (Å²) in [6.07, 6.45) is 2.12. The van der Waals surface area contributed by atoms with Crippen molar-refractivity contribution in [3.8, 4) is 0 Å². The maximum Gasteiger partial charge on any atom is 0.221 e. The zero-order valence-electron chi connectivity index (χ0n) is 12.1. The Bertz CT molecular complexity index is 642. The molecular weight excluding hydrogens is 246 g/mol. The molecule has 0 radical (unpaired) electrons. The topological polar surface area (TPSA) is 29.1 Å². The van der Waals surface area contributed by atoms with Crippen molar-refractivity contribution in [1.82, 2.24) is 0 Å². The lowest BCUT2D eigenvalue weighted by atomic mass is 10.0. The van der Waals surface area contributed by atoms with Crippen LogP contribution in [-0.2, 0) is 4.79 Å². The monoisotopic (exact) mass is 265 g/mol. The van der Waals surface area contributed by atoms with Crippen LogP contribution in [0.3, 0.4) is 0 Å². The van der Waals surface area contributed by atoms with E-state index in [9.17, 15) is 4.79 Å². The average Bonchev–Trinajstić information content (AvgIpc) is 2.39. The van der Waals surface area contributed by atoms with E-state index < -0.39 is 0 Å². The van der Waals surface area contributed by atoms with Gasteiger partial charge in [-0.1, -0.05) is 48.5 Å². The molecule has 0 fully saturated rings. The molecule has 0 heterocycles. The second-order valence-corrected chi connectivity index (χ2v) is 4.97. The number of hydrogen-bond donors (Lipinski definition) is 1. The molecule has 2 nitrogen and oxygen atoms in total. The molecule has 2 rings (SSSR count). The average molecular weight is 265 g/mol. The Hall–Kier alpha value is -2.35. The summed E-state index contributed by atoms with van der Waals surface area (Å²) in [7, 11) is 0. The molecule has 0 spiro atoms. The smallest absolute Gasteiger partial charge is 0.221 e. The molecule has 0 saturated carbocycles. The zero-order valence-corrected chi connectivity index (χ0v) is 12.1. The van der Waals surface area contributed by atoms with Gasteiger partial charge in [-0.15, -0.1) is 0 Å². The van der Waals surface area contributed by atoms with Crippen LogP contribution in [0.15, 0.2) is 48.5 Å². The van der Waals surface area contributed by atoms with E-state index in [1.165, 1.54) is 6.92 Å². The van der Waals surface area contributed by atoms with Gasteiger partial charge in [-0.05, 0) is 36.6 Å². The van der Waals surface area contributed by atoms with E-state index in [0.29, 0.717) is 0 Å². The molecule has 0 aliphatic rings. The first kappa shape index (κ1) is 14.1. The van der Waals surface area contributed by atoms with Gasteiger partial charge in [0.25, 0.3) is 0 Å². The maximum absolute atomic E-state index is 11.3. The number of benzene rings is 2. The van der Waals surface area contributed by atoms with Crippen LogP contribution in [0.1, 0.15) is 30.5 Å². The van der Waals surface area contributed by atoms with Gasteiger partial charge < -0.3 is 5.32 Å². The van der Waals surface area contributed by atoms with Gasteiger partial charge in [0.2, 0.25) is 5.91 Å². The lowest BCUT2D eigenvalue weighted by Crippen LogP contribution is -2.07. The first-order valence-corrected chi connectivity index (χ1v) is 6.68. The van der Waals surface area contributed by atoms with Crippen LogP contribution in [0.5, 0.6) is 0 Å². The predicted octanol–water partition coefficient (Wildman–Crippen LogP) is 4.51. The molecule has 1 N–H and O–H groups in total. The Morgan fingerprint density at radius 1 is 1.05 bits per heavy atom. The summed E-state index contributed by atoms with van der Waals surface area (Å²) >= 11 is 0. The fourth-order valence-electron chi connectivity index (χ4n) is 2.17. The molecule has 0 bridgehead atoms. The van der Waals surface area contributed by atoms with Crippen molar-refractivity contribution in [1.29, 1.82) is 0 Å². The SMILES string of the molecule is CC(=O)Nc1cc(C)ccc1C(C)=Cc1ccccc1. The van der Waals surface area contributed by atoms with Crippen LogP contribution in [0.25, 0.3) is 11.6 Å². The molecule has 2 heteroatoms. The van der Waals surface area contributed by atoms with Crippen molar-refractivity contribution >= 4 is 23.2 Å². The number of amides is 1. The Kier molecular flexibility index (Phi) is 4.36. The lowest BCUT2D eigenvalue weighted by molar-refractivity contribution is -0.114. The molecule has 0 unspecified atom stereocenters. The number of hydrogen-bond acceptors (Lipinski definition) is 1. The Morgan fingerprint density at radius 3 is 2.40 bits per heavy atom. The summed E-state index contributed by atoms with van der Waals surface area (Å²) in [5, 5.41) is 2.90. The van der Waals surface area contributed by atoms with Crippen LogP contribution < -0.4 is 5.32 Å². The van der Waals surface area contributed by atoms with Crippen LogP contribution >= 0.6 is 0 Å². The van der Waals surface area contributed by atoms with Gasteiger partial charge in [0, 0.05) is 18.2 Å². The van der Waals surface area contributed by atoms with Gasteiger partial charge in [-0.25, -0.2) is 0 Å². The highest BCUT2D eigenvalue weighted by molar-refractivity contribution is 5.94. The van der Waals surface area contributed by atoms with Crippen LogP contribution in [0.2, 0.25) is 0 Å². The highest BCUT2D eigenvalue weighted by Crippen LogP contribution is 2.26. The minimum atomic E-state index is -0.0515. The van der Waals surface area contributed by atoms with E-state index in [1.807, 2.05) is 31.2 Å². The number of carbonyl (C=O) groups is 1. The quantitative estimate of drug-likeness (QED) is 0.812. The van der Waals surface area contributed by atoms with E-state index in [0.717, 1.165) is 28.0 Å². The summed E-state index contributed by atoms with van der Waals surface area (Å²) in [5.74, 6) is -0.0515. The second kappa shape index (κ2) is 6.20. The summed E-state index contributed by atoms with van der Waals surface area (Å²) < 4.78 is 0. The fraction of sp³-hybridized carbons (Fsp3) is 0.167. The second-order valence-electron chi connectivity index (χ2n) is 4.97. The van der Waals surface area contributed by atoms with Crippen LogP contribution in [-0.4, -0.2) is 5.91 Å². The predicted molar refractivity (Wildman–Crippen MR) is 85.5 cm³/mol. The third-order valence-electron chi connectivity index (χ3n) is 3.09. The zero-order chi connectivity index (χ0) is 14.5. The van der Waals surface area contributed by atoms with E-state index in [2.05, 4.69) is 42.6 Å². The van der Waals surface area contributed by atoms with Crippen molar-refractivity contribution < 1.29 is 4.79 Å². The van der Waals surface area contributed by atoms with Gasteiger partial charge in [0.15, 0.2) is 0 Å². The Morgan fingerprint density at radius 2 is 1.75 bits per heavy atom. The molecule has 1 amide bonds. The van der Waals surface area contributed by atoms with Gasteiger partial charge in [0.1, 0.15) is 0 Å². The lowest BCUT2D eigenvalue weighted by Gasteiger charge is -2.12. The maximum atomic E-state index is 11.3. The van der Waals surface area contributed by atoms with Crippen molar-refractivity contribution in [2.45, 2.75) is 20.8 Å². The third-order valence-corrected chi connectivity index (χ3v) is 3.09. The first-order chi connectivity index (χ1) is 9.56. The summed E-state index contributed by atoms with van der Waals surface area (Å²) in [6, 6.07) is 16.3. The third kappa shape index (κ3) is 3.58. The minimum Gasteiger partial charge on any atom is -0.326 e. The van der Waals surface area contributed by atoms with E-state index in [4.69, 9.17) is 0 Å². The number of rotatable bonds is 3. The Labute approximate surface area is 120 Å². The summed E-state index contributed by atoms with van der Waals surface area (Å²) in [6.45, 7) is 5.61. The first-order valence-electron chi connectivity index (χ1n) is 6.68. The molecule has 2 aromatic carbocycles. The van der Waals surface area contributed by atoms with E-state index in [1.54, 1.807) is 0 Å². The van der Waals surface area contributed by atoms with Gasteiger partial charge in [0.05, 0.1) is 0 Å².